The van der Waals surface area contributed by atoms with E-state index >= 15 is 0 Å². The molecule has 0 saturated heterocycles. The van der Waals surface area contributed by atoms with Crippen LogP contribution in [0.15, 0.2) is 115 Å². The van der Waals surface area contributed by atoms with Crippen molar-refractivity contribution < 1.29 is 4.57 Å². The lowest BCUT2D eigenvalue weighted by atomic mass is 10.1. The Morgan fingerprint density at radius 3 is 1.86 bits per heavy atom. The molecular weight excluding hydrogens is 506 g/mol. The molecule has 0 bridgehead atoms. The van der Waals surface area contributed by atoms with Crippen molar-refractivity contribution in [2.24, 2.45) is 0 Å². The summed E-state index contributed by atoms with van der Waals surface area (Å²) in [7, 11) is -3.37. The lowest BCUT2D eigenvalue weighted by molar-refractivity contribution is 0.589. The number of halogens is 2. The monoisotopic (exact) mass is 530 g/mol. The summed E-state index contributed by atoms with van der Waals surface area (Å²) in [5, 5.41) is 6.30. The average molecular weight is 531 g/mol. The molecule has 1 N–H and O–H groups in total. The first kappa shape index (κ1) is 24.5. The van der Waals surface area contributed by atoms with Crippen LogP contribution in [0.5, 0.6) is 0 Å². The Balaban J connectivity index is 1.61. The van der Waals surface area contributed by atoms with Gasteiger partial charge in [0.1, 0.15) is 0 Å². The van der Waals surface area contributed by atoms with E-state index in [0.29, 0.717) is 10.1 Å². The highest BCUT2D eigenvalue weighted by Crippen LogP contribution is 2.54. The maximum Gasteiger partial charge on any atom is 0.216 e. The van der Waals surface area contributed by atoms with Gasteiger partial charge >= 0.3 is 0 Å². The highest BCUT2D eigenvalue weighted by molar-refractivity contribution is 7.72. The van der Waals surface area contributed by atoms with Gasteiger partial charge in [-0.3, -0.25) is 4.57 Å². The number of nitrogens with zero attached hydrogens (tertiary/aromatic N) is 1. The van der Waals surface area contributed by atoms with Crippen molar-refractivity contribution in [1.29, 1.82) is 0 Å². The van der Waals surface area contributed by atoms with Gasteiger partial charge in [-0.05, 0) is 42.3 Å². The minimum absolute atomic E-state index is 0.392. The Bertz CT molecular complexity index is 1580. The zero-order valence-electron chi connectivity index (χ0n) is 19.7. The van der Waals surface area contributed by atoms with Crippen LogP contribution in [0.3, 0.4) is 0 Å². The van der Waals surface area contributed by atoms with Gasteiger partial charge in [-0.2, -0.15) is 0 Å². The second-order valence-electron chi connectivity index (χ2n) is 8.50. The minimum Gasteiger partial charge on any atom is -0.341 e. The van der Waals surface area contributed by atoms with Crippen molar-refractivity contribution in [2.45, 2.75) is 13.5 Å². The molecular formula is C30H25Cl2N2OP. The number of anilines is 1. The molecule has 3 nitrogen and oxygen atoms in total. The normalized spacial score (nSPS) is 14.2. The molecule has 0 fully saturated rings. The molecule has 0 amide bonds. The second kappa shape index (κ2) is 10.4. The summed E-state index contributed by atoms with van der Waals surface area (Å²) in [5.74, 6) is 3.16. The van der Waals surface area contributed by atoms with Gasteiger partial charge in [0.05, 0.1) is 10.1 Å². The number of fused-ring (bicyclic) bond motifs is 3. The van der Waals surface area contributed by atoms with Crippen molar-refractivity contribution in [1.82, 2.24) is 4.57 Å². The standard InChI is InChI=1S/C30H25Cl2N2OP/c1-2-34-29-16-10-9-15-25(29)26-19-24(17-18-30(26)34)33-36(35,20-27(31)22-11-5-3-6-12-22)21-28(32)23-13-7-4-8-14-23/h3-21H,2H2,1H3,(H,33,35)/b27-20-,28-21+. The summed E-state index contributed by atoms with van der Waals surface area (Å²) < 4.78 is 16.7. The van der Waals surface area contributed by atoms with Crippen molar-refractivity contribution in [3.8, 4) is 0 Å². The smallest absolute Gasteiger partial charge is 0.216 e. The molecule has 5 aromatic rings. The Kier molecular flexibility index (Phi) is 7.07. The number of rotatable bonds is 7. The van der Waals surface area contributed by atoms with Gasteiger partial charge in [-0.15, -0.1) is 0 Å². The quantitative estimate of drug-likeness (QED) is 0.212. The number of aromatic nitrogens is 1. The molecule has 36 heavy (non-hydrogen) atoms. The molecule has 0 aliphatic heterocycles. The van der Waals surface area contributed by atoms with Crippen molar-refractivity contribution >= 4 is 68.1 Å². The maximum absolute atomic E-state index is 14.4. The Labute approximate surface area is 221 Å². The van der Waals surface area contributed by atoms with Crippen molar-refractivity contribution in [3.63, 3.8) is 0 Å². The molecule has 1 heterocycles. The van der Waals surface area contributed by atoms with Crippen LogP contribution in [0, 0.1) is 0 Å². The molecule has 0 saturated carbocycles. The number of para-hydroxylation sites is 1. The summed E-state index contributed by atoms with van der Waals surface area (Å²) in [6.07, 6.45) is 0. The second-order valence-corrected chi connectivity index (χ2v) is 11.5. The summed E-state index contributed by atoms with van der Waals surface area (Å²) >= 11 is 13.3. The fourth-order valence-corrected chi connectivity index (χ4v) is 7.29. The number of benzene rings is 4. The van der Waals surface area contributed by atoms with Gasteiger partial charge < -0.3 is 9.65 Å². The Morgan fingerprint density at radius 1 is 0.750 bits per heavy atom. The lowest BCUT2D eigenvalue weighted by Crippen LogP contribution is -1.95. The van der Waals surface area contributed by atoms with Crippen molar-refractivity contribution in [2.75, 3.05) is 5.09 Å². The summed E-state index contributed by atoms with van der Waals surface area (Å²) in [5.41, 5.74) is 4.61. The molecule has 0 radical (unpaired) electrons. The largest absolute Gasteiger partial charge is 0.341 e. The van der Waals surface area contributed by atoms with Gasteiger partial charge in [-0.1, -0.05) is 102 Å². The van der Waals surface area contributed by atoms with Crippen LogP contribution in [0.25, 0.3) is 31.9 Å². The van der Waals surface area contributed by atoms with Crippen LogP contribution in [-0.4, -0.2) is 4.57 Å². The van der Waals surface area contributed by atoms with E-state index in [0.717, 1.165) is 39.6 Å². The molecule has 5 rings (SSSR count). The average Bonchev–Trinajstić information content (AvgIpc) is 3.22. The zero-order chi connectivity index (χ0) is 25.1. The molecule has 1 unspecified atom stereocenters. The third-order valence-corrected chi connectivity index (χ3v) is 8.95. The van der Waals surface area contributed by atoms with E-state index in [-0.39, 0.29) is 0 Å². The Morgan fingerprint density at radius 2 is 1.28 bits per heavy atom. The Hall–Kier alpha value is -3.23. The minimum atomic E-state index is -3.37. The van der Waals surface area contributed by atoms with E-state index in [1.165, 1.54) is 5.52 Å². The van der Waals surface area contributed by atoms with E-state index < -0.39 is 7.29 Å². The summed E-state index contributed by atoms with van der Waals surface area (Å²) in [4.78, 5) is 0. The van der Waals surface area contributed by atoms with E-state index in [9.17, 15) is 4.57 Å². The lowest BCUT2D eigenvalue weighted by Gasteiger charge is -2.16. The molecule has 180 valence electrons. The maximum atomic E-state index is 14.4. The van der Waals surface area contributed by atoms with Crippen LogP contribution in [0.1, 0.15) is 18.1 Å². The molecule has 4 aromatic carbocycles. The van der Waals surface area contributed by atoms with Gasteiger partial charge in [0.15, 0.2) is 0 Å². The van der Waals surface area contributed by atoms with Crippen LogP contribution >= 0.6 is 30.5 Å². The number of aryl methyl sites for hydroxylation is 1. The van der Waals surface area contributed by atoms with E-state index in [1.807, 2.05) is 84.9 Å². The first-order valence-corrected chi connectivity index (χ1v) is 14.3. The van der Waals surface area contributed by atoms with Crippen LogP contribution < -0.4 is 5.09 Å². The number of hydrogen-bond acceptors (Lipinski definition) is 1. The van der Waals surface area contributed by atoms with Gasteiger partial charge in [0.25, 0.3) is 0 Å². The van der Waals surface area contributed by atoms with Gasteiger partial charge in [0.2, 0.25) is 7.29 Å². The predicted octanol–water partition coefficient (Wildman–Crippen LogP) is 9.98. The first-order valence-electron chi connectivity index (χ1n) is 11.7. The topological polar surface area (TPSA) is 34.0 Å². The van der Waals surface area contributed by atoms with E-state index in [2.05, 4.69) is 34.8 Å². The third-order valence-electron chi connectivity index (χ3n) is 6.10. The van der Waals surface area contributed by atoms with Crippen LogP contribution in [0.4, 0.5) is 5.69 Å². The summed E-state index contributed by atoms with van der Waals surface area (Å²) in [6, 6.07) is 33.4. The molecule has 1 atom stereocenters. The SMILES string of the molecule is CCn1c2ccccc2c2cc(NP(=O)(/C=C(\Cl)c3ccccc3)/C=C(/Cl)c3ccccc3)ccc21. The fourth-order valence-electron chi connectivity index (χ4n) is 4.45. The highest BCUT2D eigenvalue weighted by Gasteiger charge is 2.20. The van der Waals surface area contributed by atoms with Crippen LogP contribution in [-0.2, 0) is 11.1 Å². The molecule has 6 heteroatoms. The summed E-state index contributed by atoms with van der Waals surface area (Å²) in [6.45, 7) is 3.00. The van der Waals surface area contributed by atoms with Crippen LogP contribution in [0.2, 0.25) is 0 Å². The predicted molar refractivity (Wildman–Crippen MR) is 157 cm³/mol. The van der Waals surface area contributed by atoms with E-state index in [1.54, 1.807) is 11.6 Å². The third kappa shape index (κ3) is 5.01. The zero-order valence-corrected chi connectivity index (χ0v) is 22.1. The number of nitrogens with one attached hydrogen (secondary N) is 1. The van der Waals surface area contributed by atoms with Gasteiger partial charge in [-0.25, -0.2) is 0 Å². The molecule has 0 spiro atoms. The molecule has 0 aliphatic rings. The number of hydrogen-bond donors (Lipinski definition) is 1. The first-order chi connectivity index (χ1) is 17.5. The fraction of sp³-hybridized carbons (Fsp3) is 0.0667. The van der Waals surface area contributed by atoms with Gasteiger partial charge in [0, 0.05) is 45.7 Å². The molecule has 0 aliphatic carbocycles. The highest BCUT2D eigenvalue weighted by atomic mass is 35.5. The molecule has 1 aromatic heterocycles. The van der Waals surface area contributed by atoms with Crippen molar-refractivity contribution in [3.05, 3.63) is 126 Å². The van der Waals surface area contributed by atoms with E-state index in [4.69, 9.17) is 23.2 Å².